The number of rotatable bonds is 6. The highest BCUT2D eigenvalue weighted by atomic mass is 16.5. The Morgan fingerprint density at radius 2 is 2.09 bits per heavy atom. The van der Waals surface area contributed by atoms with Crippen molar-refractivity contribution in [3.63, 3.8) is 0 Å². The Balaban J connectivity index is 2.05. The van der Waals surface area contributed by atoms with Crippen LogP contribution in [0.1, 0.15) is 44.7 Å². The predicted octanol–water partition coefficient (Wildman–Crippen LogP) is 3.01. The van der Waals surface area contributed by atoms with Crippen molar-refractivity contribution in [2.75, 3.05) is 6.61 Å². The second-order valence-electron chi connectivity index (χ2n) is 6.63. The van der Waals surface area contributed by atoms with Crippen LogP contribution in [0.4, 0.5) is 0 Å². The van der Waals surface area contributed by atoms with Gasteiger partial charge in [-0.2, -0.15) is 5.26 Å². The second kappa shape index (κ2) is 7.61. The van der Waals surface area contributed by atoms with E-state index in [1.807, 2.05) is 39.0 Å². The van der Waals surface area contributed by atoms with Crippen LogP contribution in [0.2, 0.25) is 0 Å². The number of hydrogen-bond donors (Lipinski definition) is 1. The molecule has 1 aliphatic carbocycles. The standard InChI is InChI=1S/C19H26N2O2/c1-4-23-17(14(2)3)11-18(22)21-19(13-20)10-9-15-7-5-6-8-16(15)12-19/h5-8,14,17H,4,9-12H2,1-3H3,(H,21,22). The van der Waals surface area contributed by atoms with Crippen LogP contribution in [0.3, 0.4) is 0 Å². The number of aryl methyl sites for hydroxylation is 1. The zero-order chi connectivity index (χ0) is 16.9. The maximum atomic E-state index is 12.4. The fourth-order valence-electron chi connectivity index (χ4n) is 3.17. The molecule has 0 saturated heterocycles. The van der Waals surface area contributed by atoms with Crippen LogP contribution in [-0.4, -0.2) is 24.2 Å². The van der Waals surface area contributed by atoms with Gasteiger partial charge in [-0.25, -0.2) is 0 Å². The lowest BCUT2D eigenvalue weighted by Gasteiger charge is -2.33. The Morgan fingerprint density at radius 3 is 2.70 bits per heavy atom. The van der Waals surface area contributed by atoms with Crippen molar-refractivity contribution in [3.05, 3.63) is 35.4 Å². The summed E-state index contributed by atoms with van der Waals surface area (Å²) in [4.78, 5) is 12.4. The third kappa shape index (κ3) is 4.33. The quantitative estimate of drug-likeness (QED) is 0.878. The third-order valence-corrected chi connectivity index (χ3v) is 4.54. The number of nitrogens with zero attached hydrogens (tertiary/aromatic N) is 1. The molecule has 1 aromatic rings. The van der Waals surface area contributed by atoms with Gasteiger partial charge in [0.15, 0.2) is 0 Å². The van der Waals surface area contributed by atoms with Gasteiger partial charge in [0.05, 0.1) is 18.6 Å². The molecule has 0 aliphatic heterocycles. The first kappa shape index (κ1) is 17.5. The zero-order valence-electron chi connectivity index (χ0n) is 14.3. The topological polar surface area (TPSA) is 62.1 Å². The average molecular weight is 314 g/mol. The van der Waals surface area contributed by atoms with E-state index in [-0.39, 0.29) is 17.9 Å². The summed E-state index contributed by atoms with van der Waals surface area (Å²) < 4.78 is 5.64. The number of benzene rings is 1. The smallest absolute Gasteiger partial charge is 0.223 e. The van der Waals surface area contributed by atoms with Crippen molar-refractivity contribution in [2.24, 2.45) is 5.92 Å². The van der Waals surface area contributed by atoms with Crippen LogP contribution in [0.25, 0.3) is 0 Å². The number of carbonyl (C=O) groups is 1. The van der Waals surface area contributed by atoms with Gasteiger partial charge < -0.3 is 10.1 Å². The van der Waals surface area contributed by atoms with Gasteiger partial charge in [-0.15, -0.1) is 0 Å². The summed E-state index contributed by atoms with van der Waals surface area (Å²) in [7, 11) is 0. The van der Waals surface area contributed by atoms with E-state index in [2.05, 4.69) is 17.5 Å². The summed E-state index contributed by atoms with van der Waals surface area (Å²) in [6.45, 7) is 6.62. The van der Waals surface area contributed by atoms with E-state index in [1.165, 1.54) is 5.56 Å². The largest absolute Gasteiger partial charge is 0.378 e. The fourth-order valence-corrected chi connectivity index (χ4v) is 3.17. The Kier molecular flexibility index (Phi) is 5.79. The summed E-state index contributed by atoms with van der Waals surface area (Å²) in [6, 6.07) is 10.5. The molecule has 0 heterocycles. The molecule has 23 heavy (non-hydrogen) atoms. The summed E-state index contributed by atoms with van der Waals surface area (Å²) in [5.41, 5.74) is 1.65. The molecule has 0 saturated carbocycles. The van der Waals surface area contributed by atoms with Gasteiger partial charge in [-0.05, 0) is 36.8 Å². The van der Waals surface area contributed by atoms with Gasteiger partial charge in [-0.3, -0.25) is 4.79 Å². The zero-order valence-corrected chi connectivity index (χ0v) is 14.3. The molecule has 1 aromatic carbocycles. The molecule has 2 atom stereocenters. The van der Waals surface area contributed by atoms with Crippen LogP contribution < -0.4 is 5.32 Å². The van der Waals surface area contributed by atoms with Crippen molar-refractivity contribution >= 4 is 5.91 Å². The molecule has 0 radical (unpaired) electrons. The van der Waals surface area contributed by atoms with E-state index < -0.39 is 5.54 Å². The van der Waals surface area contributed by atoms with Gasteiger partial charge >= 0.3 is 0 Å². The van der Waals surface area contributed by atoms with Crippen LogP contribution in [0, 0.1) is 17.2 Å². The average Bonchev–Trinajstić information content (AvgIpc) is 2.54. The third-order valence-electron chi connectivity index (χ3n) is 4.54. The highest BCUT2D eigenvalue weighted by molar-refractivity contribution is 5.78. The van der Waals surface area contributed by atoms with Crippen molar-refractivity contribution < 1.29 is 9.53 Å². The Labute approximate surface area is 138 Å². The number of nitrogens with one attached hydrogen (secondary N) is 1. The van der Waals surface area contributed by atoms with Crippen molar-refractivity contribution in [1.29, 1.82) is 5.26 Å². The van der Waals surface area contributed by atoms with Gasteiger partial charge in [0.2, 0.25) is 5.91 Å². The summed E-state index contributed by atoms with van der Waals surface area (Å²) in [6.07, 6.45) is 2.26. The number of carbonyl (C=O) groups excluding carboxylic acids is 1. The van der Waals surface area contributed by atoms with Gasteiger partial charge in [0, 0.05) is 13.0 Å². The van der Waals surface area contributed by atoms with Crippen LogP contribution >= 0.6 is 0 Å². The van der Waals surface area contributed by atoms with E-state index in [0.29, 0.717) is 25.9 Å². The first-order chi connectivity index (χ1) is 11.0. The second-order valence-corrected chi connectivity index (χ2v) is 6.63. The van der Waals surface area contributed by atoms with E-state index in [4.69, 9.17) is 4.74 Å². The van der Waals surface area contributed by atoms with Crippen LogP contribution in [0.15, 0.2) is 24.3 Å². The number of amides is 1. The van der Waals surface area contributed by atoms with Gasteiger partial charge in [0.25, 0.3) is 0 Å². The monoisotopic (exact) mass is 314 g/mol. The minimum absolute atomic E-state index is 0.0990. The molecule has 0 aromatic heterocycles. The summed E-state index contributed by atoms with van der Waals surface area (Å²) in [5.74, 6) is 0.170. The van der Waals surface area contributed by atoms with Gasteiger partial charge in [-0.1, -0.05) is 38.1 Å². The molecule has 0 fully saturated rings. The molecule has 1 N–H and O–H groups in total. The lowest BCUT2D eigenvalue weighted by atomic mass is 9.78. The maximum Gasteiger partial charge on any atom is 0.223 e. The number of nitriles is 1. The van der Waals surface area contributed by atoms with E-state index in [1.54, 1.807) is 0 Å². The SMILES string of the molecule is CCOC(CC(=O)NC1(C#N)CCc2ccccc2C1)C(C)C. The molecular weight excluding hydrogens is 288 g/mol. The van der Waals surface area contributed by atoms with E-state index >= 15 is 0 Å². The first-order valence-corrected chi connectivity index (χ1v) is 8.40. The molecular formula is C19H26N2O2. The molecule has 1 amide bonds. The normalized spacial score (nSPS) is 21.3. The molecule has 0 bridgehead atoms. The fraction of sp³-hybridized carbons (Fsp3) is 0.579. The highest BCUT2D eigenvalue weighted by Gasteiger charge is 2.36. The Morgan fingerprint density at radius 1 is 1.39 bits per heavy atom. The number of hydrogen-bond acceptors (Lipinski definition) is 3. The molecule has 124 valence electrons. The number of ether oxygens (including phenoxy) is 1. The Bertz CT molecular complexity index is 591. The molecule has 4 nitrogen and oxygen atoms in total. The van der Waals surface area contributed by atoms with E-state index in [9.17, 15) is 10.1 Å². The minimum Gasteiger partial charge on any atom is -0.378 e. The molecule has 4 heteroatoms. The van der Waals surface area contributed by atoms with Crippen LogP contribution in [0.5, 0.6) is 0 Å². The van der Waals surface area contributed by atoms with Crippen molar-refractivity contribution in [1.82, 2.24) is 5.32 Å². The number of fused-ring (bicyclic) bond motifs is 1. The highest BCUT2D eigenvalue weighted by Crippen LogP contribution is 2.28. The van der Waals surface area contributed by atoms with Crippen molar-refractivity contribution in [3.8, 4) is 6.07 Å². The lowest BCUT2D eigenvalue weighted by molar-refractivity contribution is -0.126. The minimum atomic E-state index is -0.792. The Hall–Kier alpha value is -1.86. The van der Waals surface area contributed by atoms with E-state index in [0.717, 1.165) is 12.0 Å². The predicted molar refractivity (Wildman–Crippen MR) is 89.8 cm³/mol. The van der Waals surface area contributed by atoms with Gasteiger partial charge in [0.1, 0.15) is 5.54 Å². The molecule has 0 spiro atoms. The summed E-state index contributed by atoms with van der Waals surface area (Å²) in [5, 5.41) is 12.7. The van der Waals surface area contributed by atoms with Crippen molar-refractivity contribution in [2.45, 2.75) is 58.1 Å². The molecule has 1 aliphatic rings. The lowest BCUT2D eigenvalue weighted by Crippen LogP contribution is -2.52. The maximum absolute atomic E-state index is 12.4. The molecule has 2 rings (SSSR count). The van der Waals surface area contributed by atoms with Crippen LogP contribution in [-0.2, 0) is 22.4 Å². The first-order valence-electron chi connectivity index (χ1n) is 8.40. The summed E-state index contributed by atoms with van der Waals surface area (Å²) >= 11 is 0. The molecule has 2 unspecified atom stereocenters.